The van der Waals surface area contributed by atoms with Crippen LogP contribution in [-0.4, -0.2) is 26.4 Å². The number of nitrogens with zero attached hydrogens (tertiary/aromatic N) is 3. The van der Waals surface area contributed by atoms with Crippen molar-refractivity contribution in [2.75, 3.05) is 11.1 Å². The lowest BCUT2D eigenvalue weighted by atomic mass is 10.1. The van der Waals surface area contributed by atoms with Crippen LogP contribution in [0.3, 0.4) is 0 Å². The van der Waals surface area contributed by atoms with E-state index in [9.17, 15) is 4.79 Å². The van der Waals surface area contributed by atoms with E-state index in [4.69, 9.17) is 11.6 Å². The number of hydrogen-bond donors (Lipinski definition) is 1. The van der Waals surface area contributed by atoms with Gasteiger partial charge in [-0.15, -0.1) is 16.8 Å². The molecule has 148 valence electrons. The average Bonchev–Trinajstić information content (AvgIpc) is 3.44. The van der Waals surface area contributed by atoms with Gasteiger partial charge in [0.25, 0.3) is 0 Å². The molecule has 1 heterocycles. The third-order valence-electron chi connectivity index (χ3n) is 4.89. The zero-order chi connectivity index (χ0) is 20.2. The van der Waals surface area contributed by atoms with Gasteiger partial charge in [0.2, 0.25) is 5.91 Å². The van der Waals surface area contributed by atoms with Crippen LogP contribution >= 0.6 is 23.4 Å². The number of anilines is 1. The van der Waals surface area contributed by atoms with E-state index in [2.05, 4.69) is 50.9 Å². The molecule has 5 nitrogen and oxygen atoms in total. The molecule has 2 aromatic carbocycles. The summed E-state index contributed by atoms with van der Waals surface area (Å²) >= 11 is 7.47. The van der Waals surface area contributed by atoms with Gasteiger partial charge in [0.15, 0.2) is 5.16 Å². The van der Waals surface area contributed by atoms with Crippen LogP contribution in [0.15, 0.2) is 72.4 Å². The maximum atomic E-state index is 12.3. The zero-order valence-corrected chi connectivity index (χ0v) is 17.4. The summed E-state index contributed by atoms with van der Waals surface area (Å²) < 4.78 is 2.06. The van der Waals surface area contributed by atoms with Gasteiger partial charge >= 0.3 is 0 Å². The van der Waals surface area contributed by atoms with E-state index in [0.29, 0.717) is 29.1 Å². The van der Waals surface area contributed by atoms with Crippen molar-refractivity contribution in [1.29, 1.82) is 0 Å². The molecule has 2 atom stereocenters. The Morgan fingerprint density at radius 2 is 1.93 bits per heavy atom. The van der Waals surface area contributed by atoms with Gasteiger partial charge < -0.3 is 9.88 Å². The number of thioether (sulfide) groups is 1. The highest BCUT2D eigenvalue weighted by atomic mass is 35.5. The van der Waals surface area contributed by atoms with Crippen LogP contribution in [0.25, 0.3) is 0 Å². The van der Waals surface area contributed by atoms with Gasteiger partial charge in [0, 0.05) is 12.5 Å². The van der Waals surface area contributed by atoms with Gasteiger partial charge in [-0.05, 0) is 30.0 Å². The van der Waals surface area contributed by atoms with Crippen molar-refractivity contribution in [3.8, 4) is 0 Å². The number of allylic oxidation sites excluding steroid dienone is 1. The summed E-state index contributed by atoms with van der Waals surface area (Å²) in [5.74, 6) is 1.90. The summed E-state index contributed by atoms with van der Waals surface area (Å²) in [7, 11) is 0. The lowest BCUT2D eigenvalue weighted by Gasteiger charge is -2.09. The van der Waals surface area contributed by atoms with Crippen molar-refractivity contribution < 1.29 is 4.79 Å². The number of para-hydroxylation sites is 1. The molecule has 0 radical (unpaired) electrons. The van der Waals surface area contributed by atoms with Gasteiger partial charge in [-0.25, -0.2) is 0 Å². The number of nitrogens with one attached hydrogen (secondary N) is 1. The van der Waals surface area contributed by atoms with Crippen molar-refractivity contribution in [2.24, 2.45) is 0 Å². The second-order valence-corrected chi connectivity index (χ2v) is 8.27. The van der Waals surface area contributed by atoms with Gasteiger partial charge in [-0.2, -0.15) is 0 Å². The Morgan fingerprint density at radius 3 is 2.69 bits per heavy atom. The fourth-order valence-electron chi connectivity index (χ4n) is 3.41. The molecule has 0 saturated heterocycles. The first kappa shape index (κ1) is 19.7. The fourth-order valence-corrected chi connectivity index (χ4v) is 4.35. The number of carbonyl (C=O) groups is 1. The summed E-state index contributed by atoms with van der Waals surface area (Å²) in [4.78, 5) is 12.3. The summed E-state index contributed by atoms with van der Waals surface area (Å²) in [6, 6.07) is 17.7. The molecule has 3 aromatic rings. The predicted molar refractivity (Wildman–Crippen MR) is 118 cm³/mol. The molecular formula is C22H21ClN4OS. The van der Waals surface area contributed by atoms with Crippen LogP contribution in [0.4, 0.5) is 5.69 Å². The highest BCUT2D eigenvalue weighted by Crippen LogP contribution is 2.54. The lowest BCUT2D eigenvalue weighted by molar-refractivity contribution is -0.113. The smallest absolute Gasteiger partial charge is 0.234 e. The first-order chi connectivity index (χ1) is 14.2. The molecule has 1 saturated carbocycles. The molecule has 4 rings (SSSR count). The summed E-state index contributed by atoms with van der Waals surface area (Å²) in [5, 5.41) is 12.9. The van der Waals surface area contributed by atoms with Crippen LogP contribution in [0.2, 0.25) is 5.02 Å². The van der Waals surface area contributed by atoms with E-state index in [-0.39, 0.29) is 11.7 Å². The van der Waals surface area contributed by atoms with Crippen LogP contribution in [0.1, 0.15) is 29.6 Å². The van der Waals surface area contributed by atoms with Crippen molar-refractivity contribution in [3.63, 3.8) is 0 Å². The van der Waals surface area contributed by atoms with Crippen LogP contribution in [-0.2, 0) is 11.3 Å². The minimum atomic E-state index is -0.133. The van der Waals surface area contributed by atoms with E-state index < -0.39 is 0 Å². The summed E-state index contributed by atoms with van der Waals surface area (Å²) in [5.41, 5.74) is 1.94. The van der Waals surface area contributed by atoms with Crippen molar-refractivity contribution >= 4 is 35.0 Å². The Hall–Kier alpha value is -2.57. The fraction of sp³-hybridized carbons (Fsp3) is 0.227. The normalized spacial score (nSPS) is 17.7. The maximum Gasteiger partial charge on any atom is 0.234 e. The minimum Gasteiger partial charge on any atom is -0.324 e. The number of rotatable bonds is 8. The standard InChI is InChI=1S/C22H21ClN4OS/c1-2-12-27-21(17-13-16(17)15-8-4-3-5-9-15)25-26-22(27)29-14-20(28)24-19-11-7-6-10-18(19)23/h2-11,16-17H,1,12-14H2,(H,24,28). The van der Waals surface area contributed by atoms with Gasteiger partial charge in [0.1, 0.15) is 5.82 Å². The van der Waals surface area contributed by atoms with Crippen LogP contribution < -0.4 is 5.32 Å². The first-order valence-electron chi connectivity index (χ1n) is 9.43. The Morgan fingerprint density at radius 1 is 1.17 bits per heavy atom. The SMILES string of the molecule is C=CCn1c(SCC(=O)Nc2ccccc2Cl)nnc1C1CC1c1ccccc1. The molecule has 0 spiro atoms. The van der Waals surface area contributed by atoms with Gasteiger partial charge in [-0.3, -0.25) is 4.79 Å². The van der Waals surface area contributed by atoms with E-state index in [1.54, 1.807) is 12.1 Å². The molecule has 1 aromatic heterocycles. The molecule has 1 aliphatic rings. The minimum absolute atomic E-state index is 0.133. The predicted octanol–water partition coefficient (Wildman–Crippen LogP) is 5.12. The third kappa shape index (κ3) is 4.54. The molecule has 29 heavy (non-hydrogen) atoms. The molecule has 1 N–H and O–H groups in total. The molecule has 7 heteroatoms. The van der Waals surface area contributed by atoms with Crippen molar-refractivity contribution in [2.45, 2.75) is 30.0 Å². The topological polar surface area (TPSA) is 59.8 Å². The lowest BCUT2D eigenvalue weighted by Crippen LogP contribution is -2.15. The average molecular weight is 425 g/mol. The largest absolute Gasteiger partial charge is 0.324 e. The molecule has 1 fully saturated rings. The first-order valence-corrected chi connectivity index (χ1v) is 10.8. The number of hydrogen-bond acceptors (Lipinski definition) is 4. The van der Waals surface area contributed by atoms with E-state index in [0.717, 1.165) is 17.4 Å². The zero-order valence-electron chi connectivity index (χ0n) is 15.8. The molecule has 0 aliphatic heterocycles. The number of carbonyl (C=O) groups excluding carboxylic acids is 1. The number of aromatic nitrogens is 3. The Kier molecular flexibility index (Phi) is 6.02. The number of halogens is 1. The number of amides is 1. The molecule has 1 aliphatic carbocycles. The van der Waals surface area contributed by atoms with Crippen molar-refractivity contribution in [1.82, 2.24) is 14.8 Å². The van der Waals surface area contributed by atoms with Gasteiger partial charge in [-0.1, -0.05) is 71.9 Å². The highest BCUT2D eigenvalue weighted by molar-refractivity contribution is 7.99. The monoisotopic (exact) mass is 424 g/mol. The third-order valence-corrected chi connectivity index (χ3v) is 6.18. The molecule has 0 bridgehead atoms. The van der Waals surface area contributed by atoms with Gasteiger partial charge in [0.05, 0.1) is 16.5 Å². The van der Waals surface area contributed by atoms with Crippen LogP contribution in [0, 0.1) is 0 Å². The summed E-state index contributed by atoms with van der Waals surface area (Å²) in [6.45, 7) is 4.48. The van der Waals surface area contributed by atoms with E-state index >= 15 is 0 Å². The maximum absolute atomic E-state index is 12.3. The van der Waals surface area contributed by atoms with Crippen molar-refractivity contribution in [3.05, 3.63) is 83.7 Å². The Labute approximate surface area is 179 Å². The van der Waals surface area contributed by atoms with E-state index in [1.807, 2.05) is 24.3 Å². The molecule has 2 unspecified atom stereocenters. The Bertz CT molecular complexity index is 1020. The Balaban J connectivity index is 1.43. The van der Waals surface area contributed by atoms with Crippen LogP contribution in [0.5, 0.6) is 0 Å². The van der Waals surface area contributed by atoms with E-state index in [1.165, 1.54) is 17.3 Å². The molecule has 1 amide bonds. The highest BCUT2D eigenvalue weighted by Gasteiger charge is 2.43. The number of benzene rings is 2. The second-order valence-electron chi connectivity index (χ2n) is 6.92. The summed E-state index contributed by atoms with van der Waals surface area (Å²) in [6.07, 6.45) is 2.90. The quantitative estimate of drug-likeness (QED) is 0.402. The second kappa shape index (κ2) is 8.84. The molecular weight excluding hydrogens is 404 g/mol.